The second-order valence-electron chi connectivity index (χ2n) is 7.12. The molecule has 1 unspecified atom stereocenters. The molecule has 7 nitrogen and oxygen atoms in total. The first kappa shape index (κ1) is 26.4. The van der Waals surface area contributed by atoms with E-state index < -0.39 is 0 Å². The number of hydrogen-bond acceptors (Lipinski definition) is 4. The standard InChI is InChI=1S/C24H30FN5O2.HI/c1-5-31-22-10-8-19(14-23(22)32-6-2)17(3)29-24(26-4)28-15-18-7-9-21(20(25)13-18)30-12-11-27-16-30;/h7-14,16-17H,5-6,15H2,1-4H3,(H2,26,28,29);1H. The van der Waals surface area contributed by atoms with Crippen LogP contribution in [0.3, 0.4) is 0 Å². The zero-order chi connectivity index (χ0) is 22.9. The molecule has 0 aliphatic rings. The van der Waals surface area contributed by atoms with E-state index >= 15 is 0 Å². The van der Waals surface area contributed by atoms with Gasteiger partial charge in [0.2, 0.25) is 0 Å². The minimum Gasteiger partial charge on any atom is -0.490 e. The number of guanidine groups is 1. The fourth-order valence-corrected chi connectivity index (χ4v) is 3.28. The van der Waals surface area contributed by atoms with Crippen molar-refractivity contribution < 1.29 is 13.9 Å². The number of benzene rings is 2. The van der Waals surface area contributed by atoms with Crippen molar-refractivity contribution in [2.45, 2.75) is 33.4 Å². The van der Waals surface area contributed by atoms with E-state index in [1.54, 1.807) is 36.4 Å². The summed E-state index contributed by atoms with van der Waals surface area (Å²) in [5.74, 6) is 1.76. The zero-order valence-corrected chi connectivity index (χ0v) is 21.7. The highest BCUT2D eigenvalue weighted by Gasteiger charge is 2.13. The Labute approximate surface area is 211 Å². The van der Waals surface area contributed by atoms with Crippen molar-refractivity contribution in [3.8, 4) is 17.2 Å². The predicted octanol–water partition coefficient (Wildman–Crippen LogP) is 4.85. The second kappa shape index (κ2) is 13.0. The average Bonchev–Trinajstić information content (AvgIpc) is 3.32. The van der Waals surface area contributed by atoms with E-state index in [9.17, 15) is 4.39 Å². The van der Waals surface area contributed by atoms with Crippen LogP contribution in [0.4, 0.5) is 4.39 Å². The lowest BCUT2D eigenvalue weighted by atomic mass is 10.1. The summed E-state index contributed by atoms with van der Waals surface area (Å²) >= 11 is 0. The van der Waals surface area contributed by atoms with Gasteiger partial charge in [-0.2, -0.15) is 0 Å². The van der Waals surface area contributed by atoms with Crippen LogP contribution in [0.15, 0.2) is 60.1 Å². The lowest BCUT2D eigenvalue weighted by Crippen LogP contribution is -2.38. The average molecular weight is 567 g/mol. The van der Waals surface area contributed by atoms with Crippen molar-refractivity contribution >= 4 is 29.9 Å². The lowest BCUT2D eigenvalue weighted by molar-refractivity contribution is 0.287. The fourth-order valence-electron chi connectivity index (χ4n) is 3.28. The monoisotopic (exact) mass is 567 g/mol. The summed E-state index contributed by atoms with van der Waals surface area (Å²) < 4.78 is 27.5. The van der Waals surface area contributed by atoms with Crippen LogP contribution in [-0.4, -0.2) is 35.8 Å². The first-order chi connectivity index (χ1) is 15.5. The smallest absolute Gasteiger partial charge is 0.191 e. The molecule has 1 atom stereocenters. The molecular formula is C24H31FIN5O2. The molecule has 0 fully saturated rings. The molecule has 1 aromatic heterocycles. The summed E-state index contributed by atoms with van der Waals surface area (Å²) in [6, 6.07) is 11.0. The molecule has 3 rings (SSSR count). The molecule has 0 aliphatic heterocycles. The van der Waals surface area contributed by atoms with Crippen LogP contribution in [0, 0.1) is 5.82 Å². The topological polar surface area (TPSA) is 72.7 Å². The number of halogens is 2. The van der Waals surface area contributed by atoms with E-state index in [1.807, 2.05) is 45.0 Å². The molecule has 9 heteroatoms. The number of ether oxygens (including phenoxy) is 2. The molecule has 2 N–H and O–H groups in total. The van der Waals surface area contributed by atoms with E-state index in [4.69, 9.17) is 9.47 Å². The minimum absolute atomic E-state index is 0. The second-order valence-corrected chi connectivity index (χ2v) is 7.12. The molecule has 33 heavy (non-hydrogen) atoms. The Kier molecular flexibility index (Phi) is 10.4. The third kappa shape index (κ3) is 7.08. The van der Waals surface area contributed by atoms with Crippen LogP contribution in [0.25, 0.3) is 5.69 Å². The Balaban J connectivity index is 0.00000385. The van der Waals surface area contributed by atoms with E-state index in [1.165, 1.54) is 6.07 Å². The van der Waals surface area contributed by atoms with Gasteiger partial charge in [0.1, 0.15) is 5.82 Å². The van der Waals surface area contributed by atoms with Gasteiger partial charge in [-0.15, -0.1) is 24.0 Å². The number of imidazole rings is 1. The summed E-state index contributed by atoms with van der Waals surface area (Å²) in [7, 11) is 1.70. The van der Waals surface area contributed by atoms with Gasteiger partial charge in [0.05, 0.1) is 31.3 Å². The molecule has 0 saturated carbocycles. The number of aromatic nitrogens is 2. The molecule has 3 aromatic rings. The molecule has 0 bridgehead atoms. The SMILES string of the molecule is CCOc1ccc(C(C)NC(=NC)NCc2ccc(-n3ccnc3)c(F)c2)cc1OCC.I. The first-order valence-corrected chi connectivity index (χ1v) is 10.7. The Morgan fingerprint density at radius 1 is 1.12 bits per heavy atom. The maximum atomic E-state index is 14.5. The number of nitrogens with one attached hydrogen (secondary N) is 2. The van der Waals surface area contributed by atoms with Gasteiger partial charge in [0.15, 0.2) is 17.5 Å². The molecule has 0 spiro atoms. The van der Waals surface area contributed by atoms with E-state index in [2.05, 4.69) is 20.6 Å². The summed E-state index contributed by atoms with van der Waals surface area (Å²) in [5, 5.41) is 6.60. The number of aliphatic imine (C=N–C) groups is 1. The van der Waals surface area contributed by atoms with E-state index in [-0.39, 0.29) is 35.8 Å². The maximum absolute atomic E-state index is 14.5. The summed E-state index contributed by atoms with van der Waals surface area (Å²) in [6.07, 6.45) is 4.90. The van der Waals surface area contributed by atoms with Gasteiger partial charge in [-0.1, -0.05) is 12.1 Å². The van der Waals surface area contributed by atoms with Crippen molar-refractivity contribution in [2.75, 3.05) is 20.3 Å². The third-order valence-corrected chi connectivity index (χ3v) is 4.90. The maximum Gasteiger partial charge on any atom is 0.191 e. The molecule has 178 valence electrons. The molecule has 0 amide bonds. The van der Waals surface area contributed by atoms with Gasteiger partial charge < -0.3 is 24.7 Å². The van der Waals surface area contributed by atoms with Gasteiger partial charge in [-0.25, -0.2) is 9.37 Å². The van der Waals surface area contributed by atoms with Crippen LogP contribution in [-0.2, 0) is 6.54 Å². The summed E-state index contributed by atoms with van der Waals surface area (Å²) in [4.78, 5) is 8.25. The number of rotatable bonds is 9. The zero-order valence-electron chi connectivity index (χ0n) is 19.3. The minimum atomic E-state index is -0.309. The largest absolute Gasteiger partial charge is 0.490 e. The van der Waals surface area contributed by atoms with Gasteiger partial charge in [0.25, 0.3) is 0 Å². The first-order valence-electron chi connectivity index (χ1n) is 10.7. The van der Waals surface area contributed by atoms with Gasteiger partial charge in [-0.3, -0.25) is 4.99 Å². The van der Waals surface area contributed by atoms with E-state index in [0.717, 1.165) is 22.6 Å². The van der Waals surface area contributed by atoms with Crippen LogP contribution in [0.5, 0.6) is 11.5 Å². The van der Waals surface area contributed by atoms with Gasteiger partial charge >= 0.3 is 0 Å². The van der Waals surface area contributed by atoms with Gasteiger partial charge in [0, 0.05) is 26.0 Å². The van der Waals surface area contributed by atoms with Crippen molar-refractivity contribution in [1.29, 1.82) is 0 Å². The third-order valence-electron chi connectivity index (χ3n) is 4.90. The quantitative estimate of drug-likeness (QED) is 0.220. The normalized spacial score (nSPS) is 12.0. The Hall–Kier alpha value is -2.82. The number of hydrogen-bond donors (Lipinski definition) is 2. The molecule has 0 aliphatic carbocycles. The van der Waals surface area contributed by atoms with Crippen molar-refractivity contribution in [3.05, 3.63) is 72.1 Å². The Morgan fingerprint density at radius 2 is 1.88 bits per heavy atom. The molecule has 0 saturated heterocycles. The molecular weight excluding hydrogens is 536 g/mol. The molecule has 2 aromatic carbocycles. The summed E-state index contributed by atoms with van der Waals surface area (Å²) in [5.41, 5.74) is 2.31. The van der Waals surface area contributed by atoms with Crippen LogP contribution in [0.2, 0.25) is 0 Å². The molecule has 0 radical (unpaired) electrons. The highest BCUT2D eigenvalue weighted by Crippen LogP contribution is 2.30. The number of nitrogens with zero attached hydrogens (tertiary/aromatic N) is 3. The van der Waals surface area contributed by atoms with Crippen molar-refractivity contribution in [1.82, 2.24) is 20.2 Å². The van der Waals surface area contributed by atoms with E-state index in [0.29, 0.717) is 31.4 Å². The highest BCUT2D eigenvalue weighted by molar-refractivity contribution is 14.0. The Morgan fingerprint density at radius 3 is 2.52 bits per heavy atom. The van der Waals surface area contributed by atoms with Crippen LogP contribution >= 0.6 is 24.0 Å². The Bertz CT molecular complexity index is 1040. The predicted molar refractivity (Wildman–Crippen MR) is 139 cm³/mol. The fraction of sp³-hybridized carbons (Fsp3) is 0.333. The van der Waals surface area contributed by atoms with Crippen LogP contribution in [0.1, 0.15) is 37.9 Å². The lowest BCUT2D eigenvalue weighted by Gasteiger charge is -2.20. The van der Waals surface area contributed by atoms with Gasteiger partial charge in [-0.05, 0) is 56.2 Å². The highest BCUT2D eigenvalue weighted by atomic mass is 127. The summed E-state index contributed by atoms with van der Waals surface area (Å²) in [6.45, 7) is 7.50. The van der Waals surface area contributed by atoms with Crippen molar-refractivity contribution in [2.24, 2.45) is 4.99 Å². The molecule has 1 heterocycles. The van der Waals surface area contributed by atoms with Crippen LogP contribution < -0.4 is 20.1 Å². The van der Waals surface area contributed by atoms with Crippen molar-refractivity contribution in [3.63, 3.8) is 0 Å².